The van der Waals surface area contributed by atoms with Crippen LogP contribution in [0.1, 0.15) is 33.6 Å². The second kappa shape index (κ2) is 5.14. The molecule has 0 N–H and O–H groups in total. The van der Waals surface area contributed by atoms with Crippen molar-refractivity contribution >= 4 is 15.9 Å². The molecule has 10 heavy (non-hydrogen) atoms. The molecule has 0 aliphatic carbocycles. The van der Waals surface area contributed by atoms with Crippen LogP contribution in [0, 0.1) is 5.92 Å². The van der Waals surface area contributed by atoms with Crippen LogP contribution < -0.4 is 0 Å². The molecule has 0 amide bonds. The molecule has 0 aliphatic heterocycles. The molecule has 0 bridgehead atoms. The fraction of sp³-hybridized carbons (Fsp3) is 1.00. The minimum atomic E-state index is -0.389. The first-order chi connectivity index (χ1) is 4.57. The van der Waals surface area contributed by atoms with Gasteiger partial charge in [0.15, 0.2) is 0 Å². The van der Waals surface area contributed by atoms with Gasteiger partial charge in [-0.1, -0.05) is 43.1 Å². The second-order valence-corrected chi connectivity index (χ2v) is 4.50. The van der Waals surface area contributed by atoms with Crippen LogP contribution in [-0.4, -0.2) is 10.9 Å². The van der Waals surface area contributed by atoms with Gasteiger partial charge in [-0.2, -0.15) is 0 Å². The monoisotopic (exact) mass is 207 g/mol. The lowest BCUT2D eigenvalue weighted by molar-refractivity contribution is 0.0359. The SMILES string of the molecule is CCC(C)C([O])CC(C)Br. The van der Waals surface area contributed by atoms with E-state index in [1.54, 1.807) is 0 Å². The average molecular weight is 208 g/mol. The van der Waals surface area contributed by atoms with Crippen LogP contribution in [0.4, 0.5) is 0 Å². The van der Waals surface area contributed by atoms with Crippen LogP contribution in [0.2, 0.25) is 0 Å². The molecule has 0 aliphatic rings. The van der Waals surface area contributed by atoms with Crippen molar-refractivity contribution < 1.29 is 5.11 Å². The van der Waals surface area contributed by atoms with E-state index in [4.69, 9.17) is 0 Å². The first-order valence-electron chi connectivity index (χ1n) is 3.87. The summed E-state index contributed by atoms with van der Waals surface area (Å²) in [6.07, 6.45) is 1.35. The topological polar surface area (TPSA) is 19.9 Å². The van der Waals surface area contributed by atoms with Crippen LogP contribution in [-0.2, 0) is 5.11 Å². The molecule has 1 radical (unpaired) electrons. The highest BCUT2D eigenvalue weighted by atomic mass is 79.9. The summed E-state index contributed by atoms with van der Waals surface area (Å²) in [5.74, 6) is 0.319. The van der Waals surface area contributed by atoms with Crippen LogP contribution in [0.25, 0.3) is 0 Å². The molecule has 2 heteroatoms. The largest absolute Gasteiger partial charge is 0.233 e. The Morgan fingerprint density at radius 1 is 1.40 bits per heavy atom. The molecule has 1 nitrogen and oxygen atoms in total. The highest BCUT2D eigenvalue weighted by molar-refractivity contribution is 9.09. The van der Waals surface area contributed by atoms with Gasteiger partial charge in [0.25, 0.3) is 0 Å². The summed E-state index contributed by atoms with van der Waals surface area (Å²) < 4.78 is 0. The van der Waals surface area contributed by atoms with Crippen LogP contribution >= 0.6 is 15.9 Å². The summed E-state index contributed by atoms with van der Waals surface area (Å²) in [4.78, 5) is 0.365. The summed E-state index contributed by atoms with van der Waals surface area (Å²) in [7, 11) is 0. The van der Waals surface area contributed by atoms with Gasteiger partial charge in [0, 0.05) is 4.83 Å². The molecular weight excluding hydrogens is 192 g/mol. The number of hydrogen-bond acceptors (Lipinski definition) is 0. The molecule has 3 unspecified atom stereocenters. The molecule has 0 heterocycles. The Morgan fingerprint density at radius 3 is 2.20 bits per heavy atom. The van der Waals surface area contributed by atoms with Gasteiger partial charge in [0.2, 0.25) is 0 Å². The molecule has 0 saturated heterocycles. The maximum absolute atomic E-state index is 11.2. The quantitative estimate of drug-likeness (QED) is 0.633. The molecule has 0 rings (SSSR count). The van der Waals surface area contributed by atoms with Crippen molar-refractivity contribution in [2.45, 2.75) is 44.5 Å². The lowest BCUT2D eigenvalue weighted by atomic mass is 9.98. The van der Waals surface area contributed by atoms with Crippen LogP contribution in [0.15, 0.2) is 0 Å². The van der Waals surface area contributed by atoms with Gasteiger partial charge in [0.1, 0.15) is 0 Å². The molecule has 0 saturated carbocycles. The van der Waals surface area contributed by atoms with Gasteiger partial charge >= 0.3 is 0 Å². The third-order valence-electron chi connectivity index (χ3n) is 1.84. The Hall–Kier alpha value is 0.440. The Kier molecular flexibility index (Phi) is 5.36. The minimum absolute atomic E-state index is 0.319. The molecular formula is C8H16BrO. The van der Waals surface area contributed by atoms with E-state index in [1.165, 1.54) is 0 Å². The maximum Gasteiger partial charge on any atom is 0.0965 e. The van der Waals surface area contributed by atoms with Crippen LogP contribution in [0.3, 0.4) is 0 Å². The second-order valence-electron chi connectivity index (χ2n) is 2.94. The van der Waals surface area contributed by atoms with E-state index in [1.807, 2.05) is 13.8 Å². The van der Waals surface area contributed by atoms with Crippen molar-refractivity contribution in [1.29, 1.82) is 0 Å². The van der Waals surface area contributed by atoms with E-state index in [0.29, 0.717) is 10.7 Å². The molecule has 0 aromatic heterocycles. The van der Waals surface area contributed by atoms with Gasteiger partial charge in [-0.3, -0.25) is 0 Å². The van der Waals surface area contributed by atoms with Crippen molar-refractivity contribution in [3.8, 4) is 0 Å². The normalized spacial score (nSPS) is 20.1. The fourth-order valence-electron chi connectivity index (χ4n) is 0.815. The lowest BCUT2D eigenvalue weighted by Crippen LogP contribution is -2.18. The van der Waals surface area contributed by atoms with Crippen molar-refractivity contribution in [2.24, 2.45) is 5.92 Å². The molecule has 0 aromatic carbocycles. The van der Waals surface area contributed by atoms with Crippen molar-refractivity contribution in [3.05, 3.63) is 0 Å². The smallest absolute Gasteiger partial charge is 0.0965 e. The van der Waals surface area contributed by atoms with Gasteiger partial charge in [0.05, 0.1) is 6.10 Å². The Labute approximate surface area is 72.0 Å². The number of rotatable bonds is 4. The van der Waals surface area contributed by atoms with E-state index < -0.39 is 0 Å². The minimum Gasteiger partial charge on any atom is -0.233 e. The predicted molar refractivity (Wildman–Crippen MR) is 46.9 cm³/mol. The summed E-state index contributed by atoms with van der Waals surface area (Å²) in [5.41, 5.74) is 0. The first-order valence-corrected chi connectivity index (χ1v) is 4.79. The molecule has 0 aromatic rings. The van der Waals surface area contributed by atoms with E-state index in [9.17, 15) is 5.11 Å². The number of halogens is 1. The Balaban J connectivity index is 3.50. The number of alkyl halides is 1. The highest BCUT2D eigenvalue weighted by Crippen LogP contribution is 2.16. The number of hydrogen-bond donors (Lipinski definition) is 0. The first kappa shape index (κ1) is 10.4. The van der Waals surface area contributed by atoms with Gasteiger partial charge in [-0.05, 0) is 12.3 Å². The van der Waals surface area contributed by atoms with Crippen molar-refractivity contribution in [3.63, 3.8) is 0 Å². The molecule has 3 atom stereocenters. The predicted octanol–water partition coefficient (Wildman–Crippen LogP) is 3.01. The fourth-order valence-corrected chi connectivity index (χ4v) is 1.18. The van der Waals surface area contributed by atoms with Crippen LogP contribution in [0.5, 0.6) is 0 Å². The van der Waals surface area contributed by atoms with Gasteiger partial charge in [-0.15, -0.1) is 0 Å². The van der Waals surface area contributed by atoms with Crippen molar-refractivity contribution in [1.82, 2.24) is 0 Å². The zero-order valence-corrected chi connectivity index (χ0v) is 8.52. The van der Waals surface area contributed by atoms with E-state index in [0.717, 1.165) is 12.8 Å². The maximum atomic E-state index is 11.2. The lowest BCUT2D eigenvalue weighted by Gasteiger charge is -2.15. The average Bonchev–Trinajstić information content (AvgIpc) is 1.85. The molecule has 0 spiro atoms. The zero-order chi connectivity index (χ0) is 8.15. The summed E-state index contributed by atoms with van der Waals surface area (Å²) in [6, 6.07) is 0. The van der Waals surface area contributed by atoms with E-state index in [-0.39, 0.29) is 6.10 Å². The Morgan fingerprint density at radius 2 is 1.90 bits per heavy atom. The Bertz CT molecular complexity index is 83.3. The van der Waals surface area contributed by atoms with E-state index in [2.05, 4.69) is 22.9 Å². The summed E-state index contributed by atoms with van der Waals surface area (Å²) in [5, 5.41) is 11.2. The third-order valence-corrected chi connectivity index (χ3v) is 2.21. The summed E-state index contributed by atoms with van der Waals surface area (Å²) in [6.45, 7) is 6.11. The van der Waals surface area contributed by atoms with Crippen molar-refractivity contribution in [2.75, 3.05) is 0 Å². The third kappa shape index (κ3) is 4.29. The summed E-state index contributed by atoms with van der Waals surface area (Å²) >= 11 is 3.37. The zero-order valence-electron chi connectivity index (χ0n) is 6.93. The van der Waals surface area contributed by atoms with Gasteiger partial charge in [-0.25, -0.2) is 5.11 Å². The van der Waals surface area contributed by atoms with Gasteiger partial charge < -0.3 is 0 Å². The molecule has 0 fully saturated rings. The molecule has 61 valence electrons. The van der Waals surface area contributed by atoms with E-state index >= 15 is 0 Å². The highest BCUT2D eigenvalue weighted by Gasteiger charge is 2.15. The standard InChI is InChI=1S/C8H16BrO/c1-4-6(2)8(10)5-7(3)9/h6-8H,4-5H2,1-3H3.